The zero-order valence-corrected chi connectivity index (χ0v) is 15.3. The first-order chi connectivity index (χ1) is 12.6. The molecule has 0 spiro atoms. The fourth-order valence-corrected chi connectivity index (χ4v) is 3.05. The van der Waals surface area contributed by atoms with E-state index >= 15 is 0 Å². The molecule has 0 aliphatic heterocycles. The van der Waals surface area contributed by atoms with Crippen LogP contribution < -0.4 is 0 Å². The van der Waals surface area contributed by atoms with E-state index in [0.29, 0.717) is 25.4 Å². The minimum Gasteiger partial charge on any atom is -0.507 e. The Bertz CT molecular complexity index is 778. The van der Waals surface area contributed by atoms with Crippen LogP contribution in [0.4, 0.5) is 0 Å². The maximum atomic E-state index is 10.7. The monoisotopic (exact) mass is 347 g/mol. The highest BCUT2D eigenvalue weighted by atomic mass is 16.3. The van der Waals surface area contributed by atoms with Gasteiger partial charge in [-0.05, 0) is 35.7 Å². The van der Waals surface area contributed by atoms with Gasteiger partial charge in [0.1, 0.15) is 5.75 Å². The van der Waals surface area contributed by atoms with E-state index in [9.17, 15) is 5.11 Å². The van der Waals surface area contributed by atoms with Crippen molar-refractivity contribution in [2.24, 2.45) is 0 Å². The van der Waals surface area contributed by atoms with Gasteiger partial charge < -0.3 is 5.11 Å². The lowest BCUT2D eigenvalue weighted by atomic mass is 9.99. The molecule has 0 atom stereocenters. The van der Waals surface area contributed by atoms with E-state index in [1.807, 2.05) is 67.0 Å². The summed E-state index contributed by atoms with van der Waals surface area (Å²) in [5.74, 6) is 0.685. The van der Waals surface area contributed by atoms with Crippen molar-refractivity contribution in [3.63, 3.8) is 0 Å². The smallest absolute Gasteiger partial charge is 0.123 e. The maximum absolute atomic E-state index is 10.7. The lowest BCUT2D eigenvalue weighted by Gasteiger charge is -2.23. The molecule has 3 aromatic rings. The van der Waals surface area contributed by atoms with Crippen LogP contribution in [-0.2, 0) is 19.6 Å². The Labute approximate surface area is 155 Å². The van der Waals surface area contributed by atoms with Crippen LogP contribution in [0.5, 0.6) is 5.75 Å². The molecule has 3 rings (SSSR count). The van der Waals surface area contributed by atoms with Crippen LogP contribution >= 0.6 is 0 Å². The second-order valence-corrected chi connectivity index (χ2v) is 6.80. The predicted octanol–water partition coefficient (Wildman–Crippen LogP) is 4.51. The highest BCUT2D eigenvalue weighted by molar-refractivity contribution is 5.42. The first kappa shape index (κ1) is 18.1. The molecule has 0 radical (unpaired) electrons. The van der Waals surface area contributed by atoms with E-state index in [1.54, 1.807) is 0 Å². The van der Waals surface area contributed by atoms with Gasteiger partial charge in [0.25, 0.3) is 0 Å². The molecule has 4 nitrogen and oxygen atoms in total. The van der Waals surface area contributed by atoms with Crippen LogP contribution in [0, 0.1) is 0 Å². The number of hydrogen-bond acceptors (Lipinski definition) is 4. The third kappa shape index (κ3) is 4.67. The van der Waals surface area contributed by atoms with Gasteiger partial charge in [0, 0.05) is 37.6 Å². The fraction of sp³-hybridized carbons (Fsp3) is 0.273. The number of pyridine rings is 2. The van der Waals surface area contributed by atoms with Crippen molar-refractivity contribution in [2.45, 2.75) is 39.4 Å². The standard InChI is InChI=1S/C22H25N3O/c1-17(2)21-11-7-8-18(22(21)26)14-25(15-19-9-3-5-12-23-19)16-20-10-4-6-13-24-20/h3-13,17,26H,14-16H2,1-2H3. The Morgan fingerprint density at radius 3 is 1.92 bits per heavy atom. The molecular formula is C22H25N3O. The first-order valence-corrected chi connectivity index (χ1v) is 8.96. The molecule has 134 valence electrons. The topological polar surface area (TPSA) is 49.2 Å². The quantitative estimate of drug-likeness (QED) is 0.683. The van der Waals surface area contributed by atoms with Crippen LogP contribution in [0.3, 0.4) is 0 Å². The van der Waals surface area contributed by atoms with Crippen molar-refractivity contribution in [1.82, 2.24) is 14.9 Å². The van der Waals surface area contributed by atoms with Gasteiger partial charge in [-0.2, -0.15) is 0 Å². The normalized spacial score (nSPS) is 11.2. The van der Waals surface area contributed by atoms with Gasteiger partial charge >= 0.3 is 0 Å². The molecule has 0 saturated carbocycles. The van der Waals surface area contributed by atoms with Gasteiger partial charge in [-0.15, -0.1) is 0 Å². The highest BCUT2D eigenvalue weighted by Crippen LogP contribution is 2.30. The SMILES string of the molecule is CC(C)c1cccc(CN(Cc2ccccn2)Cc2ccccn2)c1O. The summed E-state index contributed by atoms with van der Waals surface area (Å²) >= 11 is 0. The van der Waals surface area contributed by atoms with Crippen molar-refractivity contribution in [1.29, 1.82) is 0 Å². The third-order valence-electron chi connectivity index (χ3n) is 4.39. The summed E-state index contributed by atoms with van der Waals surface area (Å²) in [4.78, 5) is 11.1. The zero-order chi connectivity index (χ0) is 18.4. The molecule has 4 heteroatoms. The summed E-state index contributed by atoms with van der Waals surface area (Å²) in [6.45, 7) is 6.22. The van der Waals surface area contributed by atoms with Gasteiger partial charge in [0.2, 0.25) is 0 Å². The van der Waals surface area contributed by atoms with Crippen molar-refractivity contribution in [2.75, 3.05) is 0 Å². The summed E-state index contributed by atoms with van der Waals surface area (Å²) < 4.78 is 0. The second kappa shape index (κ2) is 8.59. The zero-order valence-electron chi connectivity index (χ0n) is 15.3. The Kier molecular flexibility index (Phi) is 5.97. The molecule has 1 aromatic carbocycles. The van der Waals surface area contributed by atoms with Gasteiger partial charge in [0.05, 0.1) is 11.4 Å². The number of aromatic hydroxyl groups is 1. The summed E-state index contributed by atoms with van der Waals surface area (Å²) in [6, 6.07) is 17.9. The number of para-hydroxylation sites is 1. The molecule has 0 saturated heterocycles. The van der Waals surface area contributed by atoms with Crippen molar-refractivity contribution < 1.29 is 5.11 Å². The summed E-state index contributed by atoms with van der Waals surface area (Å²) in [5.41, 5.74) is 3.92. The molecule has 0 fully saturated rings. The predicted molar refractivity (Wildman–Crippen MR) is 104 cm³/mol. The number of rotatable bonds is 7. The average molecular weight is 347 g/mol. The van der Waals surface area contributed by atoms with Crippen LogP contribution in [0.15, 0.2) is 67.0 Å². The molecular weight excluding hydrogens is 322 g/mol. The number of benzene rings is 1. The highest BCUT2D eigenvalue weighted by Gasteiger charge is 2.15. The first-order valence-electron chi connectivity index (χ1n) is 8.96. The van der Waals surface area contributed by atoms with Gasteiger partial charge in [-0.1, -0.05) is 44.2 Å². The molecule has 0 unspecified atom stereocenters. The number of aromatic nitrogens is 2. The van der Waals surface area contributed by atoms with E-state index in [2.05, 4.69) is 28.7 Å². The van der Waals surface area contributed by atoms with Gasteiger partial charge in [-0.3, -0.25) is 14.9 Å². The van der Waals surface area contributed by atoms with E-state index in [1.165, 1.54) is 0 Å². The van der Waals surface area contributed by atoms with E-state index in [0.717, 1.165) is 22.5 Å². The molecule has 26 heavy (non-hydrogen) atoms. The third-order valence-corrected chi connectivity index (χ3v) is 4.39. The van der Waals surface area contributed by atoms with Crippen molar-refractivity contribution >= 4 is 0 Å². The van der Waals surface area contributed by atoms with Gasteiger partial charge in [0.15, 0.2) is 0 Å². The van der Waals surface area contributed by atoms with E-state index in [-0.39, 0.29) is 5.92 Å². The van der Waals surface area contributed by atoms with Crippen molar-refractivity contribution in [3.05, 3.63) is 89.5 Å². The largest absolute Gasteiger partial charge is 0.507 e. The molecule has 0 bridgehead atoms. The number of nitrogens with zero attached hydrogens (tertiary/aromatic N) is 3. The average Bonchev–Trinajstić information content (AvgIpc) is 2.65. The van der Waals surface area contributed by atoms with Crippen LogP contribution in [0.2, 0.25) is 0 Å². The van der Waals surface area contributed by atoms with Crippen LogP contribution in [-0.4, -0.2) is 20.0 Å². The molecule has 0 amide bonds. The summed E-state index contributed by atoms with van der Waals surface area (Å²) in [6.07, 6.45) is 3.62. The molecule has 2 heterocycles. The fourth-order valence-electron chi connectivity index (χ4n) is 3.05. The molecule has 0 aliphatic rings. The van der Waals surface area contributed by atoms with Crippen LogP contribution in [0.25, 0.3) is 0 Å². The minimum atomic E-state index is 0.287. The summed E-state index contributed by atoms with van der Waals surface area (Å²) in [5, 5.41) is 10.7. The maximum Gasteiger partial charge on any atom is 0.123 e. The Morgan fingerprint density at radius 1 is 0.808 bits per heavy atom. The van der Waals surface area contributed by atoms with Crippen LogP contribution in [0.1, 0.15) is 42.3 Å². The van der Waals surface area contributed by atoms with E-state index in [4.69, 9.17) is 0 Å². The Hall–Kier alpha value is -2.72. The number of phenols is 1. The Balaban J connectivity index is 1.84. The van der Waals surface area contributed by atoms with Crippen molar-refractivity contribution in [3.8, 4) is 5.75 Å². The number of hydrogen-bond donors (Lipinski definition) is 1. The molecule has 2 aromatic heterocycles. The van der Waals surface area contributed by atoms with E-state index < -0.39 is 0 Å². The second-order valence-electron chi connectivity index (χ2n) is 6.80. The lowest BCUT2D eigenvalue weighted by Crippen LogP contribution is -2.23. The summed E-state index contributed by atoms with van der Waals surface area (Å²) in [7, 11) is 0. The lowest BCUT2D eigenvalue weighted by molar-refractivity contribution is 0.238. The number of phenolic OH excluding ortho intramolecular Hbond substituents is 1. The minimum absolute atomic E-state index is 0.287. The van der Waals surface area contributed by atoms with Gasteiger partial charge in [-0.25, -0.2) is 0 Å². The molecule has 1 N–H and O–H groups in total. The Morgan fingerprint density at radius 2 is 1.42 bits per heavy atom. The molecule has 0 aliphatic carbocycles.